The summed E-state index contributed by atoms with van der Waals surface area (Å²) in [7, 11) is 0. The van der Waals surface area contributed by atoms with Crippen molar-refractivity contribution < 1.29 is 5.11 Å². The Morgan fingerprint density at radius 1 is 1.19 bits per heavy atom. The van der Waals surface area contributed by atoms with E-state index in [0.29, 0.717) is 30.3 Å². The fraction of sp³-hybridized carbons (Fsp3) is 0.941. The minimum Gasteiger partial charge on any atom is -0.387 e. The molecule has 5 saturated carbocycles. The van der Waals surface area contributed by atoms with Gasteiger partial charge in [0, 0.05) is 6.54 Å². The summed E-state index contributed by atoms with van der Waals surface area (Å²) >= 11 is 0. The van der Waals surface area contributed by atoms with Gasteiger partial charge < -0.3 is 16.2 Å². The third kappa shape index (κ3) is 1.30. The predicted molar refractivity (Wildman–Crippen MR) is 81.4 cm³/mol. The van der Waals surface area contributed by atoms with Crippen molar-refractivity contribution in [1.82, 2.24) is 5.32 Å². The zero-order chi connectivity index (χ0) is 14.5. The molecule has 4 nitrogen and oxygen atoms in total. The van der Waals surface area contributed by atoms with E-state index in [2.05, 4.69) is 24.2 Å². The van der Waals surface area contributed by atoms with Crippen LogP contribution in [0.3, 0.4) is 0 Å². The fourth-order valence-corrected chi connectivity index (χ4v) is 7.51. The molecule has 0 aromatic carbocycles. The average molecular weight is 289 g/mol. The van der Waals surface area contributed by atoms with E-state index in [1.807, 2.05) is 0 Å². The molecule has 0 radical (unpaired) electrons. The lowest BCUT2D eigenvalue weighted by Crippen LogP contribution is -2.56. The summed E-state index contributed by atoms with van der Waals surface area (Å²) < 4.78 is 0. The minimum absolute atomic E-state index is 0.510. The topological polar surface area (TPSA) is 70.6 Å². The van der Waals surface area contributed by atoms with Gasteiger partial charge in [0.05, 0.1) is 12.1 Å². The van der Waals surface area contributed by atoms with Crippen LogP contribution in [0.2, 0.25) is 0 Å². The summed E-state index contributed by atoms with van der Waals surface area (Å²) in [6.07, 6.45) is 2.82. The molecule has 0 spiro atoms. The van der Waals surface area contributed by atoms with Crippen LogP contribution >= 0.6 is 0 Å². The smallest absolute Gasteiger partial charge is 0.188 e. The molecular weight excluding hydrogens is 262 g/mol. The molecule has 0 aromatic heterocycles. The highest BCUT2D eigenvalue weighted by molar-refractivity contribution is 5.77. The normalized spacial score (nSPS) is 58.4. The zero-order valence-electron chi connectivity index (χ0n) is 13.0. The Morgan fingerprint density at radius 2 is 1.90 bits per heavy atom. The summed E-state index contributed by atoms with van der Waals surface area (Å²) in [5.74, 6) is 7.38. The maximum atomic E-state index is 11.4. The van der Waals surface area contributed by atoms with Gasteiger partial charge in [-0.1, -0.05) is 13.8 Å². The highest BCUT2D eigenvalue weighted by atomic mass is 16.3. The standard InChI is InChI=1S/C17H27N3O/c1-7(2)5-19-16(18)20-6-17(21)14-9-4-10-12-8(9)3-11(14)13(12)15(10)17/h7-15,21H,3-6H2,1-2H3,(H3,18,19,20). The van der Waals surface area contributed by atoms with E-state index >= 15 is 0 Å². The van der Waals surface area contributed by atoms with Gasteiger partial charge in [0.15, 0.2) is 5.96 Å². The number of hydrogen-bond donors (Lipinski definition) is 3. The molecule has 4 heteroatoms. The molecule has 5 aliphatic rings. The SMILES string of the molecule is CC(C)CNC(N)=NCC1(O)C2C3CC4C5C3CC2C5C41. The second-order valence-corrected chi connectivity index (χ2v) is 8.80. The molecule has 0 amide bonds. The van der Waals surface area contributed by atoms with Gasteiger partial charge in [0.1, 0.15) is 0 Å². The van der Waals surface area contributed by atoms with Crippen molar-refractivity contribution in [2.45, 2.75) is 32.3 Å². The highest BCUT2D eigenvalue weighted by Gasteiger charge is 2.84. The summed E-state index contributed by atoms with van der Waals surface area (Å²) in [6, 6.07) is 0. The molecule has 0 aliphatic heterocycles. The highest BCUT2D eigenvalue weighted by Crippen LogP contribution is 2.85. The maximum absolute atomic E-state index is 11.4. The van der Waals surface area contributed by atoms with Crippen LogP contribution in [0.15, 0.2) is 4.99 Å². The molecule has 9 unspecified atom stereocenters. The number of fused-ring (bicyclic) bond motifs is 2. The van der Waals surface area contributed by atoms with Gasteiger partial charge in [-0.15, -0.1) is 0 Å². The van der Waals surface area contributed by atoms with E-state index in [-0.39, 0.29) is 0 Å². The van der Waals surface area contributed by atoms with Crippen molar-refractivity contribution in [2.24, 2.45) is 64.0 Å². The first kappa shape index (κ1) is 12.7. The van der Waals surface area contributed by atoms with Crippen molar-refractivity contribution in [3.63, 3.8) is 0 Å². The molecule has 0 saturated heterocycles. The van der Waals surface area contributed by atoms with Crippen LogP contribution in [-0.4, -0.2) is 29.8 Å². The Hall–Kier alpha value is -0.770. The minimum atomic E-state index is -0.533. The van der Waals surface area contributed by atoms with E-state index in [1.165, 1.54) is 12.8 Å². The molecule has 9 atom stereocenters. The molecule has 5 fully saturated rings. The van der Waals surface area contributed by atoms with E-state index in [9.17, 15) is 5.11 Å². The molecular formula is C17H27N3O. The number of aliphatic hydroxyl groups is 1. The maximum Gasteiger partial charge on any atom is 0.188 e. The Balaban J connectivity index is 1.35. The van der Waals surface area contributed by atoms with Crippen LogP contribution in [-0.2, 0) is 0 Å². The molecule has 21 heavy (non-hydrogen) atoms. The van der Waals surface area contributed by atoms with Gasteiger partial charge in [-0.25, -0.2) is 0 Å². The summed E-state index contributed by atoms with van der Waals surface area (Å²) in [5.41, 5.74) is 5.44. The largest absolute Gasteiger partial charge is 0.387 e. The van der Waals surface area contributed by atoms with E-state index in [0.717, 1.165) is 42.1 Å². The number of rotatable bonds is 4. The molecule has 5 aliphatic carbocycles. The first-order chi connectivity index (χ1) is 10.0. The zero-order valence-corrected chi connectivity index (χ0v) is 13.0. The van der Waals surface area contributed by atoms with Crippen LogP contribution in [0.5, 0.6) is 0 Å². The van der Waals surface area contributed by atoms with Gasteiger partial charge in [-0.05, 0) is 66.1 Å². The Bertz CT molecular complexity index is 512. The van der Waals surface area contributed by atoms with E-state index in [1.54, 1.807) is 0 Å². The Morgan fingerprint density at radius 3 is 2.67 bits per heavy atom. The quantitative estimate of drug-likeness (QED) is 0.535. The fourth-order valence-electron chi connectivity index (χ4n) is 7.51. The molecule has 116 valence electrons. The van der Waals surface area contributed by atoms with Crippen molar-refractivity contribution in [3.8, 4) is 0 Å². The summed E-state index contributed by atoms with van der Waals surface area (Å²) in [6.45, 7) is 5.69. The van der Waals surface area contributed by atoms with Crippen LogP contribution in [0.25, 0.3) is 0 Å². The first-order valence-electron chi connectivity index (χ1n) is 8.78. The number of aliphatic imine (C=N–C) groups is 1. The van der Waals surface area contributed by atoms with Crippen molar-refractivity contribution in [1.29, 1.82) is 0 Å². The second kappa shape index (κ2) is 3.76. The van der Waals surface area contributed by atoms with Gasteiger partial charge in [-0.2, -0.15) is 0 Å². The van der Waals surface area contributed by atoms with Crippen LogP contribution < -0.4 is 11.1 Å². The lowest BCUT2D eigenvalue weighted by molar-refractivity contribution is -0.123. The van der Waals surface area contributed by atoms with Crippen LogP contribution in [0.4, 0.5) is 0 Å². The third-order valence-corrected chi connectivity index (χ3v) is 7.71. The first-order valence-corrected chi connectivity index (χ1v) is 8.78. The van der Waals surface area contributed by atoms with Crippen molar-refractivity contribution in [3.05, 3.63) is 0 Å². The number of nitrogens with two attached hydrogens (primary N) is 1. The number of guanidine groups is 1. The molecule has 0 heterocycles. The van der Waals surface area contributed by atoms with E-state index in [4.69, 9.17) is 5.73 Å². The molecule has 2 bridgehead atoms. The van der Waals surface area contributed by atoms with Crippen LogP contribution in [0, 0.1) is 53.3 Å². The third-order valence-electron chi connectivity index (χ3n) is 7.71. The number of nitrogens with zero attached hydrogens (tertiary/aromatic N) is 1. The Labute approximate surface area is 126 Å². The van der Waals surface area contributed by atoms with Crippen molar-refractivity contribution >= 4 is 5.96 Å². The second-order valence-electron chi connectivity index (χ2n) is 8.80. The predicted octanol–water partition coefficient (Wildman–Crippen LogP) is 1.06. The van der Waals surface area contributed by atoms with Gasteiger partial charge in [-0.3, -0.25) is 4.99 Å². The van der Waals surface area contributed by atoms with Gasteiger partial charge in [0.2, 0.25) is 0 Å². The number of hydrogen-bond acceptors (Lipinski definition) is 2. The van der Waals surface area contributed by atoms with E-state index < -0.39 is 5.60 Å². The average Bonchev–Trinajstić information content (AvgIpc) is 2.92. The monoisotopic (exact) mass is 289 g/mol. The summed E-state index contributed by atoms with van der Waals surface area (Å²) in [5, 5.41) is 14.6. The van der Waals surface area contributed by atoms with Crippen molar-refractivity contribution in [2.75, 3.05) is 13.1 Å². The summed E-state index contributed by atoms with van der Waals surface area (Å²) in [4.78, 5) is 4.53. The molecule has 5 rings (SSSR count). The lowest BCUT2D eigenvalue weighted by atomic mass is 9.56. The lowest BCUT2D eigenvalue weighted by Gasteiger charge is -2.51. The van der Waals surface area contributed by atoms with Crippen LogP contribution in [0.1, 0.15) is 26.7 Å². The van der Waals surface area contributed by atoms with Gasteiger partial charge >= 0.3 is 0 Å². The Kier molecular flexibility index (Phi) is 2.28. The molecule has 0 aromatic rings. The number of nitrogens with one attached hydrogen (secondary N) is 1. The van der Waals surface area contributed by atoms with Gasteiger partial charge in [0.25, 0.3) is 0 Å². The molecule has 4 N–H and O–H groups in total.